The zero-order valence-corrected chi connectivity index (χ0v) is 17.5. The summed E-state index contributed by atoms with van der Waals surface area (Å²) in [6, 6.07) is 5.52. The number of H-pyrrole nitrogens is 1. The van der Waals surface area contributed by atoms with Crippen molar-refractivity contribution in [3.05, 3.63) is 50.5 Å². The van der Waals surface area contributed by atoms with E-state index in [0.29, 0.717) is 17.4 Å². The smallest absolute Gasteiger partial charge is 0.259 e. The predicted octanol–water partition coefficient (Wildman–Crippen LogP) is 3.83. The van der Waals surface area contributed by atoms with Gasteiger partial charge in [0.05, 0.1) is 16.4 Å². The van der Waals surface area contributed by atoms with Crippen LogP contribution in [-0.2, 0) is 23.4 Å². The number of hydrogen-bond donors (Lipinski definition) is 2. The number of aromatic amines is 1. The van der Waals surface area contributed by atoms with E-state index in [2.05, 4.69) is 20.3 Å². The first-order valence-corrected chi connectivity index (χ1v) is 11.3. The van der Waals surface area contributed by atoms with Gasteiger partial charge in [0.25, 0.3) is 5.56 Å². The molecule has 0 aliphatic heterocycles. The largest absolute Gasteiger partial charge is 0.310 e. The molecule has 1 aliphatic rings. The van der Waals surface area contributed by atoms with Crippen LogP contribution >= 0.6 is 23.1 Å². The number of carbonyl (C=O) groups is 1. The molecule has 1 aliphatic carbocycles. The Morgan fingerprint density at radius 2 is 2.14 bits per heavy atom. The van der Waals surface area contributed by atoms with Gasteiger partial charge in [0, 0.05) is 10.6 Å². The van der Waals surface area contributed by atoms with Crippen molar-refractivity contribution in [2.45, 2.75) is 50.5 Å². The standard InChI is InChI=1S/C20H22N4O2S2/c1-11-6-5-9-15(21-11)22-18(25)12(2)27-10-16-23-19(26)17-13-7-3-4-8-14(13)28-20(17)24-16/h5-6,9,12H,3-4,7-8,10H2,1-2H3,(H,21,22,25)(H,23,24,26)/t12-/m1/s1. The number of aryl methyl sites for hydroxylation is 3. The number of amides is 1. The van der Waals surface area contributed by atoms with E-state index in [-0.39, 0.29) is 16.7 Å². The minimum absolute atomic E-state index is 0.0546. The van der Waals surface area contributed by atoms with E-state index < -0.39 is 0 Å². The van der Waals surface area contributed by atoms with Crippen molar-refractivity contribution in [3.63, 3.8) is 0 Å². The van der Waals surface area contributed by atoms with E-state index in [1.54, 1.807) is 17.4 Å². The number of carbonyl (C=O) groups excluding carboxylic acids is 1. The summed E-state index contributed by atoms with van der Waals surface area (Å²) >= 11 is 3.09. The second-order valence-electron chi connectivity index (χ2n) is 7.01. The maximum atomic E-state index is 12.6. The number of pyridine rings is 1. The molecule has 0 fully saturated rings. The van der Waals surface area contributed by atoms with E-state index in [0.717, 1.165) is 35.2 Å². The Kier molecular flexibility index (Phi) is 5.50. The summed E-state index contributed by atoms with van der Waals surface area (Å²) in [7, 11) is 0. The monoisotopic (exact) mass is 414 g/mol. The van der Waals surface area contributed by atoms with Crippen molar-refractivity contribution >= 4 is 45.0 Å². The molecule has 0 saturated heterocycles. The van der Waals surface area contributed by atoms with Crippen LogP contribution in [0, 0.1) is 6.92 Å². The zero-order chi connectivity index (χ0) is 19.7. The molecule has 8 heteroatoms. The average Bonchev–Trinajstić information content (AvgIpc) is 3.05. The van der Waals surface area contributed by atoms with Crippen molar-refractivity contribution in [1.82, 2.24) is 15.0 Å². The van der Waals surface area contributed by atoms with Gasteiger partial charge in [-0.3, -0.25) is 9.59 Å². The second kappa shape index (κ2) is 8.05. The first-order chi connectivity index (χ1) is 13.5. The molecule has 2 N–H and O–H groups in total. The van der Waals surface area contributed by atoms with Crippen LogP contribution in [0.3, 0.4) is 0 Å². The topological polar surface area (TPSA) is 87.7 Å². The average molecular weight is 415 g/mol. The lowest BCUT2D eigenvalue weighted by Crippen LogP contribution is -2.23. The third-order valence-corrected chi connectivity index (χ3v) is 7.19. The van der Waals surface area contributed by atoms with E-state index >= 15 is 0 Å². The van der Waals surface area contributed by atoms with Gasteiger partial charge in [-0.15, -0.1) is 23.1 Å². The second-order valence-corrected chi connectivity index (χ2v) is 9.42. The Labute approximate surface area is 171 Å². The molecule has 6 nitrogen and oxygen atoms in total. The fourth-order valence-electron chi connectivity index (χ4n) is 3.40. The van der Waals surface area contributed by atoms with E-state index in [1.807, 2.05) is 26.0 Å². The van der Waals surface area contributed by atoms with Gasteiger partial charge in [-0.05, 0) is 57.2 Å². The Balaban J connectivity index is 1.45. The van der Waals surface area contributed by atoms with Crippen LogP contribution in [-0.4, -0.2) is 26.1 Å². The summed E-state index contributed by atoms with van der Waals surface area (Å²) < 4.78 is 0. The number of thioether (sulfide) groups is 1. The Hall–Kier alpha value is -2.19. The van der Waals surface area contributed by atoms with Crippen LogP contribution in [0.2, 0.25) is 0 Å². The molecule has 0 unspecified atom stereocenters. The fourth-order valence-corrected chi connectivity index (χ4v) is 5.43. The molecule has 3 aromatic rings. The number of anilines is 1. The molecule has 1 atom stereocenters. The van der Waals surface area contributed by atoms with Crippen molar-refractivity contribution in [3.8, 4) is 0 Å². The number of hydrogen-bond acceptors (Lipinski definition) is 6. The van der Waals surface area contributed by atoms with Crippen LogP contribution in [0.15, 0.2) is 23.0 Å². The predicted molar refractivity (Wildman–Crippen MR) is 115 cm³/mol. The molecule has 0 radical (unpaired) electrons. The third-order valence-electron chi connectivity index (χ3n) is 4.85. The van der Waals surface area contributed by atoms with Crippen LogP contribution < -0.4 is 10.9 Å². The number of nitrogens with zero attached hydrogens (tertiary/aromatic N) is 2. The fraction of sp³-hybridized carbons (Fsp3) is 0.400. The molecular formula is C20H22N4O2S2. The van der Waals surface area contributed by atoms with Crippen molar-refractivity contribution in [2.24, 2.45) is 0 Å². The van der Waals surface area contributed by atoms with Crippen molar-refractivity contribution < 1.29 is 4.79 Å². The van der Waals surface area contributed by atoms with Crippen LogP contribution in [0.5, 0.6) is 0 Å². The molecule has 0 bridgehead atoms. The molecule has 146 valence electrons. The summed E-state index contributed by atoms with van der Waals surface area (Å²) in [5.74, 6) is 1.53. The maximum absolute atomic E-state index is 12.6. The summed E-state index contributed by atoms with van der Waals surface area (Å²) in [6.07, 6.45) is 4.34. The van der Waals surface area contributed by atoms with Crippen LogP contribution in [0.4, 0.5) is 5.82 Å². The zero-order valence-electron chi connectivity index (χ0n) is 15.9. The number of rotatable bonds is 5. The normalized spacial score (nSPS) is 14.6. The SMILES string of the molecule is Cc1cccc(NC(=O)[C@@H](C)SCc2nc3sc4c(c3c(=O)[nH]2)CCCC4)n1. The molecule has 4 rings (SSSR count). The van der Waals surface area contributed by atoms with Crippen LogP contribution in [0.1, 0.15) is 41.7 Å². The van der Waals surface area contributed by atoms with Crippen molar-refractivity contribution in [2.75, 3.05) is 5.32 Å². The van der Waals surface area contributed by atoms with Gasteiger partial charge in [0.15, 0.2) is 0 Å². The van der Waals surface area contributed by atoms with E-state index in [1.165, 1.54) is 28.6 Å². The Bertz CT molecular complexity index is 1090. The molecule has 3 aromatic heterocycles. The maximum Gasteiger partial charge on any atom is 0.259 e. The minimum atomic E-state index is -0.292. The minimum Gasteiger partial charge on any atom is -0.310 e. The lowest BCUT2D eigenvalue weighted by atomic mass is 9.97. The number of aromatic nitrogens is 3. The highest BCUT2D eigenvalue weighted by Gasteiger charge is 2.20. The molecule has 0 spiro atoms. The van der Waals surface area contributed by atoms with Crippen LogP contribution in [0.25, 0.3) is 10.2 Å². The summed E-state index contributed by atoms with van der Waals surface area (Å²) in [5.41, 5.74) is 1.99. The highest BCUT2D eigenvalue weighted by Crippen LogP contribution is 2.33. The highest BCUT2D eigenvalue weighted by molar-refractivity contribution is 7.99. The Morgan fingerprint density at radius 1 is 1.32 bits per heavy atom. The quantitative estimate of drug-likeness (QED) is 0.662. The van der Waals surface area contributed by atoms with Gasteiger partial charge in [-0.1, -0.05) is 6.07 Å². The molecule has 28 heavy (non-hydrogen) atoms. The number of thiophene rings is 1. The number of nitrogens with one attached hydrogen (secondary N) is 2. The summed E-state index contributed by atoms with van der Waals surface area (Å²) in [4.78, 5) is 39.0. The Morgan fingerprint density at radius 3 is 2.96 bits per heavy atom. The van der Waals surface area contributed by atoms with E-state index in [9.17, 15) is 9.59 Å². The van der Waals surface area contributed by atoms with E-state index in [4.69, 9.17) is 0 Å². The molecule has 3 heterocycles. The summed E-state index contributed by atoms with van der Waals surface area (Å²) in [6.45, 7) is 3.73. The number of fused-ring (bicyclic) bond motifs is 3. The molecule has 0 saturated carbocycles. The summed E-state index contributed by atoms with van der Waals surface area (Å²) in [5, 5.41) is 3.31. The van der Waals surface area contributed by atoms with Gasteiger partial charge < -0.3 is 10.3 Å². The van der Waals surface area contributed by atoms with Gasteiger partial charge in [-0.25, -0.2) is 9.97 Å². The van der Waals surface area contributed by atoms with Crippen molar-refractivity contribution in [1.29, 1.82) is 0 Å². The molecular weight excluding hydrogens is 392 g/mol. The van der Waals surface area contributed by atoms with Gasteiger partial charge >= 0.3 is 0 Å². The molecule has 1 amide bonds. The third kappa shape index (κ3) is 3.98. The first-order valence-electron chi connectivity index (χ1n) is 9.41. The highest BCUT2D eigenvalue weighted by atomic mass is 32.2. The van der Waals surface area contributed by atoms with Gasteiger partial charge in [-0.2, -0.15) is 0 Å². The molecule has 0 aromatic carbocycles. The lowest BCUT2D eigenvalue weighted by molar-refractivity contribution is -0.115. The van der Waals surface area contributed by atoms with Gasteiger partial charge in [0.2, 0.25) is 5.91 Å². The lowest BCUT2D eigenvalue weighted by Gasteiger charge is -2.11. The van der Waals surface area contributed by atoms with Gasteiger partial charge in [0.1, 0.15) is 16.5 Å². The first kappa shape index (κ1) is 19.1.